The van der Waals surface area contributed by atoms with E-state index >= 15 is 0 Å². The van der Waals surface area contributed by atoms with Gasteiger partial charge in [0, 0.05) is 37.7 Å². The number of hydrogen-bond acceptors (Lipinski definition) is 7. The highest BCUT2D eigenvalue weighted by Gasteiger charge is 2.35. The lowest BCUT2D eigenvalue weighted by Gasteiger charge is -2.33. The molecule has 1 aliphatic rings. The summed E-state index contributed by atoms with van der Waals surface area (Å²) in [5.74, 6) is -0.647. The largest absolute Gasteiger partial charge is 0.508 e. The first-order valence-corrected chi connectivity index (χ1v) is 8.68. The van der Waals surface area contributed by atoms with Gasteiger partial charge in [-0.25, -0.2) is 0 Å². The fourth-order valence-corrected chi connectivity index (χ4v) is 2.96. The fraction of sp³-hybridized carbons (Fsp3) is 0.450. The van der Waals surface area contributed by atoms with Gasteiger partial charge in [0.25, 0.3) is 0 Å². The van der Waals surface area contributed by atoms with Crippen LogP contribution >= 0.6 is 0 Å². The summed E-state index contributed by atoms with van der Waals surface area (Å²) in [5, 5.41) is 19.4. The number of allylic oxidation sites excluding steroid dienone is 1. The van der Waals surface area contributed by atoms with Crippen LogP contribution in [0, 0.1) is 5.92 Å². The maximum Gasteiger partial charge on any atom is 0.306 e. The minimum atomic E-state index is -1.19. The first kappa shape index (κ1) is 21.0. The van der Waals surface area contributed by atoms with Crippen molar-refractivity contribution >= 4 is 5.97 Å². The second-order valence-electron chi connectivity index (χ2n) is 6.09. The number of benzene rings is 1. The third-order valence-corrected chi connectivity index (χ3v) is 4.42. The molecule has 1 aliphatic heterocycles. The minimum Gasteiger partial charge on any atom is -0.508 e. The van der Waals surface area contributed by atoms with Crippen LogP contribution in [0.3, 0.4) is 0 Å². The Bertz CT molecular complexity index is 678. The molecule has 0 radical (unpaired) electrons. The van der Waals surface area contributed by atoms with Gasteiger partial charge < -0.3 is 29.2 Å². The molecule has 0 amide bonds. The number of carbonyl (C=O) groups is 1. The van der Waals surface area contributed by atoms with E-state index in [1.165, 1.54) is 20.5 Å². The van der Waals surface area contributed by atoms with Crippen LogP contribution in [0.1, 0.15) is 18.9 Å². The van der Waals surface area contributed by atoms with Crippen molar-refractivity contribution in [3.63, 3.8) is 0 Å². The summed E-state index contributed by atoms with van der Waals surface area (Å²) in [6.45, 7) is 2.04. The van der Waals surface area contributed by atoms with Gasteiger partial charge in [-0.2, -0.15) is 0 Å². The van der Waals surface area contributed by atoms with Crippen LogP contribution < -0.4 is 0 Å². The van der Waals surface area contributed by atoms with Gasteiger partial charge in [-0.1, -0.05) is 18.2 Å². The smallest absolute Gasteiger partial charge is 0.306 e. The number of phenolic OH excluding ortho intramolecular Hbond substituents is 1. The highest BCUT2D eigenvalue weighted by atomic mass is 16.7. The lowest BCUT2D eigenvalue weighted by atomic mass is 9.86. The quantitative estimate of drug-likeness (QED) is 0.407. The number of aromatic hydroxyl groups is 1. The Morgan fingerprint density at radius 3 is 2.59 bits per heavy atom. The van der Waals surface area contributed by atoms with Crippen LogP contribution in [0.15, 0.2) is 47.7 Å². The van der Waals surface area contributed by atoms with Gasteiger partial charge in [-0.05, 0) is 24.6 Å². The molecule has 2 rings (SSSR count). The zero-order chi connectivity index (χ0) is 19.8. The molecule has 148 valence electrons. The second kappa shape index (κ2) is 10.1. The number of rotatable bonds is 8. The third kappa shape index (κ3) is 5.56. The predicted molar refractivity (Wildman–Crippen MR) is 97.6 cm³/mol. The molecule has 7 heteroatoms. The topological polar surface area (TPSA) is 94.5 Å². The van der Waals surface area contributed by atoms with Crippen molar-refractivity contribution in [1.29, 1.82) is 0 Å². The van der Waals surface area contributed by atoms with E-state index in [-0.39, 0.29) is 18.8 Å². The van der Waals surface area contributed by atoms with Gasteiger partial charge in [-0.3, -0.25) is 4.79 Å². The maximum absolute atomic E-state index is 12.3. The molecule has 0 spiro atoms. The van der Waals surface area contributed by atoms with Crippen LogP contribution in [-0.4, -0.2) is 49.6 Å². The van der Waals surface area contributed by atoms with Gasteiger partial charge in [0.05, 0.1) is 19.3 Å². The summed E-state index contributed by atoms with van der Waals surface area (Å²) in [5.41, 5.74) is 2.12. The molecule has 0 saturated heterocycles. The van der Waals surface area contributed by atoms with Gasteiger partial charge >= 0.3 is 5.97 Å². The number of ether oxygens (including phenoxy) is 4. The molecule has 0 aliphatic carbocycles. The Balaban J connectivity index is 1.99. The van der Waals surface area contributed by atoms with Crippen LogP contribution in [0.4, 0.5) is 0 Å². The summed E-state index contributed by atoms with van der Waals surface area (Å²) in [6, 6.07) is 6.73. The van der Waals surface area contributed by atoms with Crippen LogP contribution in [0.5, 0.6) is 5.75 Å². The number of phenols is 1. The molecule has 0 bridgehead atoms. The molecular formula is C20H26O7. The SMILES string of the molecule is C/C=C1\[C@H](OC)OC=C(C(O)OC)[C@@H]1CC(=O)OCCc1ccc(O)cc1. The Labute approximate surface area is 158 Å². The number of aliphatic hydroxyl groups excluding tert-OH is 1. The van der Waals surface area contributed by atoms with Crippen molar-refractivity contribution in [2.75, 3.05) is 20.8 Å². The molecule has 7 nitrogen and oxygen atoms in total. The molecule has 1 aromatic carbocycles. The third-order valence-electron chi connectivity index (χ3n) is 4.42. The number of hydrogen-bond donors (Lipinski definition) is 2. The van der Waals surface area contributed by atoms with Gasteiger partial charge in [-0.15, -0.1) is 0 Å². The average Bonchev–Trinajstić information content (AvgIpc) is 2.68. The predicted octanol–water partition coefficient (Wildman–Crippen LogP) is 2.28. The highest BCUT2D eigenvalue weighted by molar-refractivity contribution is 5.71. The number of methoxy groups -OCH3 is 2. The van der Waals surface area contributed by atoms with Crippen molar-refractivity contribution in [3.05, 3.63) is 53.3 Å². The van der Waals surface area contributed by atoms with Gasteiger partial charge in [0.2, 0.25) is 6.29 Å². The molecule has 0 fully saturated rings. The molecular weight excluding hydrogens is 352 g/mol. The van der Waals surface area contributed by atoms with E-state index in [0.29, 0.717) is 12.0 Å². The highest BCUT2D eigenvalue weighted by Crippen LogP contribution is 2.35. The van der Waals surface area contributed by atoms with Crippen molar-refractivity contribution in [2.45, 2.75) is 32.3 Å². The second-order valence-corrected chi connectivity index (χ2v) is 6.09. The first-order valence-electron chi connectivity index (χ1n) is 8.68. The molecule has 27 heavy (non-hydrogen) atoms. The van der Waals surface area contributed by atoms with E-state index in [2.05, 4.69) is 0 Å². The lowest BCUT2D eigenvalue weighted by Crippen LogP contribution is -2.34. The van der Waals surface area contributed by atoms with E-state index < -0.39 is 24.5 Å². The molecule has 1 heterocycles. The van der Waals surface area contributed by atoms with Crippen molar-refractivity contribution < 1.29 is 34.0 Å². The summed E-state index contributed by atoms with van der Waals surface area (Å²) >= 11 is 0. The molecule has 0 saturated carbocycles. The molecule has 3 atom stereocenters. The summed E-state index contributed by atoms with van der Waals surface area (Å²) < 4.78 is 21.1. The van der Waals surface area contributed by atoms with Crippen LogP contribution in [0.2, 0.25) is 0 Å². The van der Waals surface area contributed by atoms with E-state index in [4.69, 9.17) is 18.9 Å². The number of carbonyl (C=O) groups excluding carboxylic acids is 1. The van der Waals surface area contributed by atoms with E-state index in [9.17, 15) is 15.0 Å². The lowest BCUT2D eigenvalue weighted by molar-refractivity contribution is -0.145. The van der Waals surface area contributed by atoms with E-state index in [1.807, 2.05) is 6.92 Å². The normalized spacial score (nSPS) is 22.1. The number of aliphatic hydroxyl groups is 1. The maximum atomic E-state index is 12.3. The Morgan fingerprint density at radius 2 is 2.00 bits per heavy atom. The van der Waals surface area contributed by atoms with E-state index in [0.717, 1.165) is 11.1 Å². The van der Waals surface area contributed by atoms with Gasteiger partial charge in [0.15, 0.2) is 6.29 Å². The average molecular weight is 378 g/mol. The zero-order valence-corrected chi connectivity index (χ0v) is 15.8. The molecule has 1 unspecified atom stereocenters. The monoisotopic (exact) mass is 378 g/mol. The van der Waals surface area contributed by atoms with Crippen LogP contribution in [0.25, 0.3) is 0 Å². The van der Waals surface area contributed by atoms with Gasteiger partial charge in [0.1, 0.15) is 5.75 Å². The van der Waals surface area contributed by atoms with Crippen molar-refractivity contribution in [2.24, 2.45) is 5.92 Å². The summed E-state index contributed by atoms with van der Waals surface area (Å²) in [6.07, 6.45) is 1.94. The summed E-state index contributed by atoms with van der Waals surface area (Å²) in [7, 11) is 2.88. The van der Waals surface area contributed by atoms with Crippen molar-refractivity contribution in [3.8, 4) is 5.75 Å². The molecule has 0 aromatic heterocycles. The number of esters is 1. The zero-order valence-electron chi connectivity index (χ0n) is 15.8. The van der Waals surface area contributed by atoms with Crippen molar-refractivity contribution in [1.82, 2.24) is 0 Å². The summed E-state index contributed by atoms with van der Waals surface area (Å²) in [4.78, 5) is 12.3. The molecule has 2 N–H and O–H groups in total. The van der Waals surface area contributed by atoms with Crippen LogP contribution in [-0.2, 0) is 30.2 Å². The van der Waals surface area contributed by atoms with E-state index in [1.54, 1.807) is 30.3 Å². The molecule has 1 aromatic rings. The Kier molecular flexibility index (Phi) is 7.84. The Morgan fingerprint density at radius 1 is 1.30 bits per heavy atom. The minimum absolute atomic E-state index is 0.0325. The first-order chi connectivity index (χ1) is 13.0. The fourth-order valence-electron chi connectivity index (χ4n) is 2.96. The standard InChI is InChI=1S/C20H26O7/c1-4-15-16(17(19(23)24-2)12-27-20(15)25-3)11-18(22)26-10-9-13-5-7-14(21)8-6-13/h4-8,12,16,19-21,23H,9-11H2,1-3H3/b15-4-/t16-,19?,20-/m1/s1. The Hall–Kier alpha value is -2.35.